The third-order valence-corrected chi connectivity index (χ3v) is 5.07. The Morgan fingerprint density at radius 2 is 2.03 bits per heavy atom. The maximum absolute atomic E-state index is 12.6. The summed E-state index contributed by atoms with van der Waals surface area (Å²) in [5, 5.41) is 10.2. The van der Waals surface area contributed by atoms with Gasteiger partial charge in [-0.05, 0) is 40.2 Å². The van der Waals surface area contributed by atoms with Crippen molar-refractivity contribution in [2.75, 3.05) is 18.5 Å². The fourth-order valence-electron chi connectivity index (χ4n) is 3.61. The molecule has 1 amide bonds. The van der Waals surface area contributed by atoms with Gasteiger partial charge in [-0.3, -0.25) is 14.9 Å². The third kappa shape index (κ3) is 4.96. The molecule has 1 fully saturated rings. The molecule has 9 heteroatoms. The van der Waals surface area contributed by atoms with E-state index in [4.69, 9.17) is 9.47 Å². The van der Waals surface area contributed by atoms with Crippen LogP contribution in [0, 0.1) is 12.8 Å². The van der Waals surface area contributed by atoms with Gasteiger partial charge in [-0.15, -0.1) is 0 Å². The second-order valence-electron chi connectivity index (χ2n) is 7.21. The number of hydrogen-bond acceptors (Lipinski definition) is 8. The van der Waals surface area contributed by atoms with Gasteiger partial charge in [0.25, 0.3) is 0 Å². The molecule has 3 atom stereocenters. The summed E-state index contributed by atoms with van der Waals surface area (Å²) < 4.78 is 10.6. The molecule has 3 unspecified atom stereocenters. The average molecular weight is 415 g/mol. The van der Waals surface area contributed by atoms with Gasteiger partial charge in [0.05, 0.1) is 24.8 Å². The van der Waals surface area contributed by atoms with Crippen molar-refractivity contribution in [2.24, 2.45) is 5.92 Å². The Bertz CT molecular complexity index is 920. The molecule has 2 heterocycles. The van der Waals surface area contributed by atoms with Crippen molar-refractivity contribution in [3.8, 4) is 5.75 Å². The zero-order chi connectivity index (χ0) is 21.7. The number of anilines is 1. The van der Waals surface area contributed by atoms with Crippen LogP contribution in [0.1, 0.15) is 39.3 Å². The highest BCUT2D eigenvalue weighted by atomic mass is 16.5. The average Bonchev–Trinajstić information content (AvgIpc) is 2.68. The number of carbonyl (C=O) groups is 2. The molecular weight excluding hydrogens is 386 g/mol. The lowest BCUT2D eigenvalue weighted by molar-refractivity contribution is -0.143. The van der Waals surface area contributed by atoms with E-state index in [-0.39, 0.29) is 30.3 Å². The first-order valence-corrected chi connectivity index (χ1v) is 10.3. The number of para-hydroxylation sites is 1. The standard InChI is InChI=1S/C21H29N5O4/c1-5-29-16-9-7-8-14-12(3)22-20(24-18(14)16)26-21-23-13(4)15(19(28)25-21)10-11-17(27)30-6-2/h7-9,13,15,21,23H,5-6,10-11H2,1-4H3,(H,25,28)(H,22,24,26). The van der Waals surface area contributed by atoms with E-state index in [1.54, 1.807) is 6.92 Å². The number of hydrogen-bond donors (Lipinski definition) is 3. The Labute approximate surface area is 175 Å². The molecule has 0 radical (unpaired) electrons. The van der Waals surface area contributed by atoms with Gasteiger partial charge >= 0.3 is 5.97 Å². The van der Waals surface area contributed by atoms with Gasteiger partial charge in [0, 0.05) is 17.8 Å². The number of fused-ring (bicyclic) bond motifs is 1. The monoisotopic (exact) mass is 415 g/mol. The number of aromatic nitrogens is 2. The molecule has 1 aliphatic heterocycles. The summed E-state index contributed by atoms with van der Waals surface area (Å²) in [7, 11) is 0. The fourth-order valence-corrected chi connectivity index (χ4v) is 3.61. The summed E-state index contributed by atoms with van der Waals surface area (Å²) in [5.41, 5.74) is 1.53. The molecule has 0 spiro atoms. The Morgan fingerprint density at radius 3 is 2.73 bits per heavy atom. The van der Waals surface area contributed by atoms with Crippen molar-refractivity contribution < 1.29 is 19.1 Å². The molecule has 0 aliphatic carbocycles. The molecule has 1 aromatic carbocycles. The summed E-state index contributed by atoms with van der Waals surface area (Å²) in [6, 6.07) is 5.61. The van der Waals surface area contributed by atoms with Crippen molar-refractivity contribution in [2.45, 2.75) is 52.9 Å². The largest absolute Gasteiger partial charge is 0.492 e. The van der Waals surface area contributed by atoms with Crippen LogP contribution in [0.25, 0.3) is 10.9 Å². The summed E-state index contributed by atoms with van der Waals surface area (Å²) in [4.78, 5) is 33.3. The predicted molar refractivity (Wildman–Crippen MR) is 113 cm³/mol. The molecule has 3 N–H and O–H groups in total. The first-order valence-electron chi connectivity index (χ1n) is 10.3. The number of esters is 1. The minimum absolute atomic E-state index is 0.129. The number of aryl methyl sites for hydroxylation is 1. The number of carbonyl (C=O) groups excluding carboxylic acids is 2. The molecule has 162 valence electrons. The number of amides is 1. The van der Waals surface area contributed by atoms with E-state index >= 15 is 0 Å². The Morgan fingerprint density at radius 1 is 1.23 bits per heavy atom. The van der Waals surface area contributed by atoms with Crippen molar-refractivity contribution in [1.29, 1.82) is 0 Å². The van der Waals surface area contributed by atoms with Crippen LogP contribution < -0.4 is 20.7 Å². The Kier molecular flexibility index (Phi) is 7.04. The predicted octanol–water partition coefficient (Wildman–Crippen LogP) is 2.10. The van der Waals surface area contributed by atoms with Gasteiger partial charge in [-0.25, -0.2) is 9.97 Å². The van der Waals surface area contributed by atoms with E-state index < -0.39 is 6.29 Å². The third-order valence-electron chi connectivity index (χ3n) is 5.07. The summed E-state index contributed by atoms with van der Waals surface area (Å²) in [6.45, 7) is 8.39. The van der Waals surface area contributed by atoms with Crippen LogP contribution in [0.15, 0.2) is 18.2 Å². The van der Waals surface area contributed by atoms with Crippen molar-refractivity contribution in [3.63, 3.8) is 0 Å². The highest BCUT2D eigenvalue weighted by Crippen LogP contribution is 2.27. The quantitative estimate of drug-likeness (QED) is 0.562. The van der Waals surface area contributed by atoms with Crippen LogP contribution in [-0.4, -0.2) is 47.4 Å². The molecule has 3 rings (SSSR count). The molecular formula is C21H29N5O4. The van der Waals surface area contributed by atoms with E-state index in [0.717, 1.165) is 16.6 Å². The summed E-state index contributed by atoms with van der Waals surface area (Å²) in [6.07, 6.45) is 0.111. The minimum Gasteiger partial charge on any atom is -0.492 e. The van der Waals surface area contributed by atoms with E-state index in [1.807, 2.05) is 39.0 Å². The van der Waals surface area contributed by atoms with Gasteiger partial charge < -0.3 is 20.1 Å². The number of benzene rings is 1. The van der Waals surface area contributed by atoms with Crippen LogP contribution in [0.4, 0.5) is 5.95 Å². The Balaban J connectivity index is 1.70. The molecule has 1 saturated heterocycles. The van der Waals surface area contributed by atoms with Crippen molar-refractivity contribution >= 4 is 28.7 Å². The Hall–Kier alpha value is -2.94. The number of rotatable bonds is 8. The van der Waals surface area contributed by atoms with Gasteiger partial charge in [0.1, 0.15) is 11.3 Å². The lowest BCUT2D eigenvalue weighted by atomic mass is 9.93. The van der Waals surface area contributed by atoms with Crippen LogP contribution in [0.5, 0.6) is 5.75 Å². The normalized spacial score (nSPS) is 21.2. The lowest BCUT2D eigenvalue weighted by Gasteiger charge is -2.35. The van der Waals surface area contributed by atoms with Gasteiger partial charge in [-0.1, -0.05) is 12.1 Å². The zero-order valence-corrected chi connectivity index (χ0v) is 17.8. The lowest BCUT2D eigenvalue weighted by Crippen LogP contribution is -2.63. The van der Waals surface area contributed by atoms with Gasteiger partial charge in [0.15, 0.2) is 6.29 Å². The number of nitrogens with one attached hydrogen (secondary N) is 3. The molecule has 0 saturated carbocycles. The van der Waals surface area contributed by atoms with E-state index in [0.29, 0.717) is 31.3 Å². The zero-order valence-electron chi connectivity index (χ0n) is 17.8. The first-order chi connectivity index (χ1) is 14.4. The van der Waals surface area contributed by atoms with Crippen LogP contribution in [0.3, 0.4) is 0 Å². The highest BCUT2D eigenvalue weighted by molar-refractivity contribution is 5.87. The molecule has 9 nitrogen and oxygen atoms in total. The van der Waals surface area contributed by atoms with E-state index in [2.05, 4.69) is 25.9 Å². The highest BCUT2D eigenvalue weighted by Gasteiger charge is 2.34. The van der Waals surface area contributed by atoms with Crippen molar-refractivity contribution in [1.82, 2.24) is 20.6 Å². The smallest absolute Gasteiger partial charge is 0.305 e. The summed E-state index contributed by atoms with van der Waals surface area (Å²) >= 11 is 0. The molecule has 1 aromatic heterocycles. The first kappa shape index (κ1) is 21.8. The summed E-state index contributed by atoms with van der Waals surface area (Å²) in [5.74, 6) is 0.341. The number of ether oxygens (including phenoxy) is 2. The van der Waals surface area contributed by atoms with Crippen LogP contribution >= 0.6 is 0 Å². The second kappa shape index (κ2) is 9.71. The molecule has 30 heavy (non-hydrogen) atoms. The fraction of sp³-hybridized carbons (Fsp3) is 0.524. The second-order valence-corrected chi connectivity index (χ2v) is 7.21. The number of nitrogens with zero attached hydrogens (tertiary/aromatic N) is 2. The van der Waals surface area contributed by atoms with Crippen LogP contribution in [-0.2, 0) is 14.3 Å². The maximum Gasteiger partial charge on any atom is 0.305 e. The SMILES string of the molecule is CCOC(=O)CCC1C(=O)NC(Nc2nc(C)c3cccc(OCC)c3n2)NC1C. The minimum atomic E-state index is -0.526. The van der Waals surface area contributed by atoms with Crippen LogP contribution in [0.2, 0.25) is 0 Å². The van der Waals surface area contributed by atoms with Gasteiger partial charge in [-0.2, -0.15) is 0 Å². The van der Waals surface area contributed by atoms with Gasteiger partial charge in [0.2, 0.25) is 11.9 Å². The van der Waals surface area contributed by atoms with E-state index in [1.165, 1.54) is 0 Å². The molecule has 0 bridgehead atoms. The topological polar surface area (TPSA) is 114 Å². The van der Waals surface area contributed by atoms with E-state index in [9.17, 15) is 9.59 Å². The molecule has 2 aromatic rings. The maximum atomic E-state index is 12.6. The van der Waals surface area contributed by atoms with Crippen molar-refractivity contribution in [3.05, 3.63) is 23.9 Å². The molecule has 1 aliphatic rings.